The van der Waals surface area contributed by atoms with Gasteiger partial charge in [-0.15, -0.1) is 0 Å². The summed E-state index contributed by atoms with van der Waals surface area (Å²) in [5, 5.41) is 9.41. The van der Waals surface area contributed by atoms with Crippen LogP contribution in [0.15, 0.2) is 24.3 Å². The second kappa shape index (κ2) is 7.26. The Kier molecular flexibility index (Phi) is 5.98. The Hall–Kier alpha value is -1.59. The van der Waals surface area contributed by atoms with Gasteiger partial charge in [0.15, 0.2) is 0 Å². The molecule has 2 atom stereocenters. The van der Waals surface area contributed by atoms with Crippen molar-refractivity contribution in [2.45, 2.75) is 26.3 Å². The van der Waals surface area contributed by atoms with Crippen molar-refractivity contribution in [2.24, 2.45) is 11.7 Å². The van der Waals surface area contributed by atoms with Crippen LogP contribution in [0.3, 0.4) is 0 Å². The Morgan fingerprint density at radius 2 is 2.10 bits per heavy atom. The van der Waals surface area contributed by atoms with Crippen molar-refractivity contribution in [3.05, 3.63) is 29.3 Å². The number of carbonyl (C=O) groups excluding carboxylic acids is 1. The molecule has 0 aromatic heterocycles. The van der Waals surface area contributed by atoms with Crippen LogP contribution in [0.25, 0.3) is 0 Å². The van der Waals surface area contributed by atoms with E-state index in [-0.39, 0.29) is 5.92 Å². The number of aliphatic carboxylic acids is 1. The van der Waals surface area contributed by atoms with Gasteiger partial charge in [-0.3, -0.25) is 14.5 Å². The lowest BCUT2D eigenvalue weighted by Gasteiger charge is -2.27. The van der Waals surface area contributed by atoms with Crippen LogP contribution < -0.4 is 10.6 Å². The number of amides is 1. The first-order valence-corrected chi connectivity index (χ1v) is 6.79. The summed E-state index contributed by atoms with van der Waals surface area (Å²) in [5.74, 6) is -1.54. The molecule has 1 rings (SSSR count). The average molecular weight is 299 g/mol. The number of carboxylic acids is 1. The molecule has 0 spiro atoms. The van der Waals surface area contributed by atoms with E-state index in [9.17, 15) is 9.59 Å². The highest BCUT2D eigenvalue weighted by atomic mass is 35.5. The van der Waals surface area contributed by atoms with Crippen molar-refractivity contribution < 1.29 is 14.7 Å². The maximum absolute atomic E-state index is 12.4. The van der Waals surface area contributed by atoms with Crippen LogP contribution in [0, 0.1) is 5.92 Å². The number of nitrogens with zero attached hydrogens (tertiary/aromatic N) is 1. The van der Waals surface area contributed by atoms with E-state index in [1.807, 2.05) is 13.8 Å². The fourth-order valence-electron chi connectivity index (χ4n) is 1.75. The van der Waals surface area contributed by atoms with Gasteiger partial charge in [0.1, 0.15) is 6.54 Å². The van der Waals surface area contributed by atoms with Gasteiger partial charge in [-0.1, -0.05) is 37.9 Å². The van der Waals surface area contributed by atoms with Crippen LogP contribution in [0.1, 0.15) is 20.3 Å². The third-order valence-electron chi connectivity index (χ3n) is 3.22. The normalized spacial score (nSPS) is 13.6. The Labute approximate surface area is 123 Å². The quantitative estimate of drug-likeness (QED) is 0.842. The molecule has 3 N–H and O–H groups in total. The monoisotopic (exact) mass is 298 g/mol. The number of hydrogen-bond donors (Lipinski definition) is 2. The molecule has 0 aliphatic rings. The van der Waals surface area contributed by atoms with E-state index >= 15 is 0 Å². The summed E-state index contributed by atoms with van der Waals surface area (Å²) in [7, 11) is 0. The lowest BCUT2D eigenvalue weighted by atomic mass is 9.98. The Morgan fingerprint density at radius 1 is 1.45 bits per heavy atom. The second-order valence-electron chi connectivity index (χ2n) is 4.71. The average Bonchev–Trinajstić information content (AvgIpc) is 2.42. The Balaban J connectivity index is 3.06. The fourth-order valence-corrected chi connectivity index (χ4v) is 1.94. The summed E-state index contributed by atoms with van der Waals surface area (Å²) < 4.78 is 0. The second-order valence-corrected chi connectivity index (χ2v) is 5.15. The fraction of sp³-hybridized carbons (Fsp3) is 0.429. The summed E-state index contributed by atoms with van der Waals surface area (Å²) in [6.45, 7) is 3.35. The third-order valence-corrected chi connectivity index (χ3v) is 3.46. The minimum Gasteiger partial charge on any atom is -0.480 e. The Morgan fingerprint density at radius 3 is 2.60 bits per heavy atom. The number of benzene rings is 1. The zero-order valence-corrected chi connectivity index (χ0v) is 12.3. The molecule has 5 nitrogen and oxygen atoms in total. The SMILES string of the molecule is CCC(C)[C@H](N)C(=O)N(CC(=O)O)c1cccc(Cl)c1. The molecular formula is C14H19ClN2O3. The smallest absolute Gasteiger partial charge is 0.323 e. The van der Waals surface area contributed by atoms with Gasteiger partial charge in [0, 0.05) is 10.7 Å². The van der Waals surface area contributed by atoms with Crippen molar-refractivity contribution in [1.29, 1.82) is 0 Å². The van der Waals surface area contributed by atoms with E-state index in [1.54, 1.807) is 24.3 Å². The molecule has 0 radical (unpaired) electrons. The number of carboxylic acid groups (broad SMARTS) is 1. The van der Waals surface area contributed by atoms with E-state index < -0.39 is 24.5 Å². The van der Waals surface area contributed by atoms with Gasteiger partial charge in [0.25, 0.3) is 0 Å². The maximum Gasteiger partial charge on any atom is 0.323 e. The molecule has 1 aromatic rings. The highest BCUT2D eigenvalue weighted by molar-refractivity contribution is 6.31. The first kappa shape index (κ1) is 16.5. The predicted octanol–water partition coefficient (Wildman–Crippen LogP) is 2.13. The van der Waals surface area contributed by atoms with E-state index in [2.05, 4.69) is 0 Å². The summed E-state index contributed by atoms with van der Waals surface area (Å²) in [4.78, 5) is 24.5. The zero-order chi connectivity index (χ0) is 15.3. The van der Waals surface area contributed by atoms with Crippen LogP contribution in [-0.4, -0.2) is 29.6 Å². The minimum atomic E-state index is -1.10. The molecule has 1 unspecified atom stereocenters. The molecule has 0 saturated heterocycles. The highest BCUT2D eigenvalue weighted by Crippen LogP contribution is 2.21. The lowest BCUT2D eigenvalue weighted by molar-refractivity contribution is -0.137. The van der Waals surface area contributed by atoms with E-state index in [1.165, 1.54) is 0 Å². The van der Waals surface area contributed by atoms with E-state index in [4.69, 9.17) is 22.4 Å². The number of anilines is 1. The summed E-state index contributed by atoms with van der Waals surface area (Å²) in [5.41, 5.74) is 6.34. The molecule has 0 fully saturated rings. The zero-order valence-electron chi connectivity index (χ0n) is 11.5. The van der Waals surface area contributed by atoms with E-state index in [0.29, 0.717) is 10.7 Å². The van der Waals surface area contributed by atoms with Gasteiger partial charge in [-0.2, -0.15) is 0 Å². The van der Waals surface area contributed by atoms with Crippen LogP contribution in [0.5, 0.6) is 0 Å². The van der Waals surface area contributed by atoms with E-state index in [0.717, 1.165) is 11.3 Å². The van der Waals surface area contributed by atoms with Gasteiger partial charge in [0.2, 0.25) is 5.91 Å². The molecule has 0 saturated carbocycles. The van der Waals surface area contributed by atoms with Gasteiger partial charge in [0.05, 0.1) is 6.04 Å². The lowest BCUT2D eigenvalue weighted by Crippen LogP contribution is -2.49. The molecule has 0 aliphatic carbocycles. The first-order valence-electron chi connectivity index (χ1n) is 6.41. The number of carbonyl (C=O) groups is 2. The largest absolute Gasteiger partial charge is 0.480 e. The van der Waals surface area contributed by atoms with Crippen LogP contribution in [-0.2, 0) is 9.59 Å². The molecule has 0 aliphatic heterocycles. The van der Waals surface area contributed by atoms with Gasteiger partial charge < -0.3 is 10.8 Å². The first-order chi connectivity index (χ1) is 9.36. The van der Waals surface area contributed by atoms with Crippen molar-refractivity contribution in [3.63, 3.8) is 0 Å². The van der Waals surface area contributed by atoms with Crippen molar-refractivity contribution in [1.82, 2.24) is 0 Å². The van der Waals surface area contributed by atoms with Crippen LogP contribution >= 0.6 is 11.6 Å². The van der Waals surface area contributed by atoms with Crippen molar-refractivity contribution >= 4 is 29.2 Å². The molecule has 1 aromatic carbocycles. The predicted molar refractivity (Wildman–Crippen MR) is 78.9 cm³/mol. The van der Waals surface area contributed by atoms with Crippen molar-refractivity contribution in [3.8, 4) is 0 Å². The van der Waals surface area contributed by atoms with Gasteiger partial charge in [-0.05, 0) is 24.1 Å². The summed E-state index contributed by atoms with van der Waals surface area (Å²) in [6, 6.07) is 5.76. The third kappa shape index (κ3) is 4.21. The molecule has 1 amide bonds. The highest BCUT2D eigenvalue weighted by Gasteiger charge is 2.27. The van der Waals surface area contributed by atoms with Crippen LogP contribution in [0.4, 0.5) is 5.69 Å². The summed E-state index contributed by atoms with van der Waals surface area (Å²) >= 11 is 5.88. The molecule has 6 heteroatoms. The molecule has 20 heavy (non-hydrogen) atoms. The number of nitrogens with two attached hydrogens (primary N) is 1. The minimum absolute atomic E-state index is 0.0296. The number of halogens is 1. The van der Waals surface area contributed by atoms with Crippen LogP contribution in [0.2, 0.25) is 5.02 Å². The molecule has 0 heterocycles. The van der Waals surface area contributed by atoms with Gasteiger partial charge in [-0.25, -0.2) is 0 Å². The summed E-state index contributed by atoms with van der Waals surface area (Å²) in [6.07, 6.45) is 0.739. The van der Waals surface area contributed by atoms with Crippen molar-refractivity contribution in [2.75, 3.05) is 11.4 Å². The number of hydrogen-bond acceptors (Lipinski definition) is 3. The number of rotatable bonds is 6. The maximum atomic E-state index is 12.4. The molecule has 0 bridgehead atoms. The standard InChI is InChI=1S/C14H19ClN2O3/c1-3-9(2)13(16)14(20)17(8-12(18)19)11-6-4-5-10(15)7-11/h4-7,9,13H,3,8,16H2,1-2H3,(H,18,19)/t9?,13-/m0/s1. The molecule has 110 valence electrons. The topological polar surface area (TPSA) is 83.6 Å². The molecular weight excluding hydrogens is 280 g/mol. The Bertz CT molecular complexity index is 493. The van der Waals surface area contributed by atoms with Gasteiger partial charge >= 0.3 is 5.97 Å².